The number of benzene rings is 1. The molecule has 3 heterocycles. The van der Waals surface area contributed by atoms with Gasteiger partial charge in [0, 0.05) is 41.4 Å². The van der Waals surface area contributed by atoms with Crippen LogP contribution in [0.15, 0.2) is 30.5 Å². The molecule has 1 saturated heterocycles. The molecule has 4 nitrogen and oxygen atoms in total. The number of nitrogens with zero attached hydrogens (tertiary/aromatic N) is 2. The molecule has 130 valence electrons. The monoisotopic (exact) mass is 375 g/mol. The Balaban J connectivity index is 1.67. The standard InChI is InChI=1S/C19H19Cl2N3O/c20-12-3-4-14-15(8-12)25-16-9-13(21)10-23-18(16)24(14)17-2-1-7-22-11-19(17)5-6-19/h3-4,8-10,17,22H,1-2,5-7,11H2. The van der Waals surface area contributed by atoms with E-state index in [2.05, 4.69) is 15.2 Å². The summed E-state index contributed by atoms with van der Waals surface area (Å²) in [4.78, 5) is 7.01. The highest BCUT2D eigenvalue weighted by Crippen LogP contribution is 2.57. The molecule has 2 aromatic rings. The molecule has 0 radical (unpaired) electrons. The fourth-order valence-electron chi connectivity index (χ4n) is 4.24. The summed E-state index contributed by atoms with van der Waals surface area (Å²) >= 11 is 12.4. The van der Waals surface area contributed by atoms with E-state index in [9.17, 15) is 0 Å². The number of nitrogens with one attached hydrogen (secondary N) is 1. The van der Waals surface area contributed by atoms with E-state index in [-0.39, 0.29) is 0 Å². The highest BCUT2D eigenvalue weighted by Gasteiger charge is 2.53. The third kappa shape index (κ3) is 2.59. The fraction of sp³-hybridized carbons (Fsp3) is 0.421. The molecule has 1 aromatic heterocycles. The number of anilines is 2. The van der Waals surface area contributed by atoms with Gasteiger partial charge in [-0.05, 0) is 44.4 Å². The van der Waals surface area contributed by atoms with Gasteiger partial charge in [0.1, 0.15) is 0 Å². The van der Waals surface area contributed by atoms with Crippen LogP contribution in [0.3, 0.4) is 0 Å². The Bertz CT molecular complexity index is 786. The minimum absolute atomic E-state index is 0.323. The summed E-state index contributed by atoms with van der Waals surface area (Å²) in [6.07, 6.45) is 6.52. The lowest BCUT2D eigenvalue weighted by Crippen LogP contribution is -2.42. The number of aromatic nitrogens is 1. The highest BCUT2D eigenvalue weighted by molar-refractivity contribution is 6.31. The number of hydrogen-bond donors (Lipinski definition) is 1. The second-order valence-electron chi connectivity index (χ2n) is 7.26. The number of halogens is 2. The van der Waals surface area contributed by atoms with Crippen LogP contribution in [-0.2, 0) is 0 Å². The molecule has 1 N–H and O–H groups in total. The molecule has 6 heteroatoms. The Kier molecular flexibility index (Phi) is 3.63. The van der Waals surface area contributed by atoms with E-state index in [1.54, 1.807) is 6.20 Å². The summed E-state index contributed by atoms with van der Waals surface area (Å²) < 4.78 is 6.09. The third-order valence-corrected chi connectivity index (χ3v) is 6.09. The molecular weight excluding hydrogens is 357 g/mol. The SMILES string of the molecule is Clc1ccc2c(c1)Oc1cc(Cl)cnc1N2C1CCCNCC12CC2. The van der Waals surface area contributed by atoms with Crippen LogP contribution in [0.1, 0.15) is 25.7 Å². The lowest BCUT2D eigenvalue weighted by molar-refractivity contribution is 0.373. The molecule has 5 rings (SSSR count). The van der Waals surface area contributed by atoms with Crippen LogP contribution in [0.5, 0.6) is 11.5 Å². The van der Waals surface area contributed by atoms with E-state index in [4.69, 9.17) is 27.9 Å². The molecule has 1 saturated carbocycles. The Hall–Kier alpha value is -1.49. The van der Waals surface area contributed by atoms with Gasteiger partial charge in [0.05, 0.1) is 10.7 Å². The second-order valence-corrected chi connectivity index (χ2v) is 8.13. The molecule has 0 amide bonds. The van der Waals surface area contributed by atoms with Crippen LogP contribution in [0.2, 0.25) is 10.0 Å². The van der Waals surface area contributed by atoms with Gasteiger partial charge >= 0.3 is 0 Å². The first kappa shape index (κ1) is 15.7. The third-order valence-electron chi connectivity index (χ3n) is 5.65. The largest absolute Gasteiger partial charge is 0.451 e. The molecule has 1 aliphatic carbocycles. The van der Waals surface area contributed by atoms with Gasteiger partial charge in [-0.1, -0.05) is 23.2 Å². The van der Waals surface area contributed by atoms with E-state index in [0.29, 0.717) is 27.3 Å². The molecule has 1 unspecified atom stereocenters. The lowest BCUT2D eigenvalue weighted by atomic mass is 9.91. The summed E-state index contributed by atoms with van der Waals surface area (Å²) in [7, 11) is 0. The van der Waals surface area contributed by atoms with Crippen molar-refractivity contribution in [2.24, 2.45) is 5.41 Å². The first-order chi connectivity index (χ1) is 12.2. The molecule has 25 heavy (non-hydrogen) atoms. The maximum Gasteiger partial charge on any atom is 0.177 e. The minimum atomic E-state index is 0.323. The Labute approximate surface area is 157 Å². The van der Waals surface area contributed by atoms with Crippen molar-refractivity contribution in [2.45, 2.75) is 31.7 Å². The fourth-order valence-corrected chi connectivity index (χ4v) is 4.55. The summed E-state index contributed by atoms with van der Waals surface area (Å²) in [6.45, 7) is 2.15. The van der Waals surface area contributed by atoms with Crippen molar-refractivity contribution in [3.8, 4) is 11.5 Å². The van der Waals surface area contributed by atoms with Gasteiger partial charge in [0.25, 0.3) is 0 Å². The van der Waals surface area contributed by atoms with E-state index in [0.717, 1.165) is 43.2 Å². The van der Waals surface area contributed by atoms with Crippen molar-refractivity contribution in [3.63, 3.8) is 0 Å². The molecule has 2 fully saturated rings. The molecular formula is C19H19Cl2N3O. The van der Waals surface area contributed by atoms with E-state index in [1.807, 2.05) is 24.3 Å². The smallest absolute Gasteiger partial charge is 0.177 e. The quantitative estimate of drug-likeness (QED) is 0.746. The maximum atomic E-state index is 6.21. The summed E-state index contributed by atoms with van der Waals surface area (Å²) in [6, 6.07) is 8.09. The van der Waals surface area contributed by atoms with Gasteiger partial charge in [-0.25, -0.2) is 4.98 Å². The van der Waals surface area contributed by atoms with Crippen molar-refractivity contribution >= 4 is 34.7 Å². The summed E-state index contributed by atoms with van der Waals surface area (Å²) in [5.74, 6) is 2.34. The van der Waals surface area contributed by atoms with Crippen LogP contribution in [0, 0.1) is 5.41 Å². The summed E-state index contributed by atoms with van der Waals surface area (Å²) in [5.41, 5.74) is 1.37. The molecule has 3 aliphatic rings. The van der Waals surface area contributed by atoms with Crippen LogP contribution < -0.4 is 15.0 Å². The first-order valence-electron chi connectivity index (χ1n) is 8.79. The minimum Gasteiger partial charge on any atom is -0.451 e. The predicted octanol–water partition coefficient (Wildman–Crippen LogP) is 5.16. The molecule has 1 spiro atoms. The first-order valence-corrected chi connectivity index (χ1v) is 9.55. The van der Waals surface area contributed by atoms with Crippen molar-refractivity contribution in [2.75, 3.05) is 18.0 Å². The molecule has 2 aliphatic heterocycles. The average Bonchev–Trinajstić information content (AvgIpc) is 3.40. The van der Waals surface area contributed by atoms with E-state index >= 15 is 0 Å². The van der Waals surface area contributed by atoms with Crippen molar-refractivity contribution in [1.29, 1.82) is 0 Å². The Morgan fingerprint density at radius 1 is 1.16 bits per heavy atom. The van der Waals surface area contributed by atoms with Gasteiger partial charge in [0.2, 0.25) is 0 Å². The lowest BCUT2D eigenvalue weighted by Gasteiger charge is -2.41. The van der Waals surface area contributed by atoms with Crippen LogP contribution in [0.25, 0.3) is 0 Å². The van der Waals surface area contributed by atoms with Crippen molar-refractivity contribution in [1.82, 2.24) is 10.3 Å². The Morgan fingerprint density at radius 3 is 2.84 bits per heavy atom. The van der Waals surface area contributed by atoms with Crippen molar-refractivity contribution < 1.29 is 4.74 Å². The number of rotatable bonds is 1. The van der Waals surface area contributed by atoms with E-state index < -0.39 is 0 Å². The van der Waals surface area contributed by atoms with E-state index in [1.165, 1.54) is 12.8 Å². The number of ether oxygens (including phenoxy) is 1. The summed E-state index contributed by atoms with van der Waals surface area (Å²) in [5, 5.41) is 4.86. The number of pyridine rings is 1. The topological polar surface area (TPSA) is 37.4 Å². The predicted molar refractivity (Wildman–Crippen MR) is 100 cm³/mol. The zero-order valence-corrected chi connectivity index (χ0v) is 15.3. The van der Waals surface area contributed by atoms with Gasteiger partial charge in [-0.15, -0.1) is 0 Å². The van der Waals surface area contributed by atoms with Gasteiger partial charge < -0.3 is 15.0 Å². The van der Waals surface area contributed by atoms with Crippen LogP contribution in [0.4, 0.5) is 11.5 Å². The zero-order chi connectivity index (χ0) is 17.0. The average molecular weight is 376 g/mol. The molecule has 1 atom stereocenters. The maximum absolute atomic E-state index is 6.21. The molecule has 1 aromatic carbocycles. The van der Waals surface area contributed by atoms with Crippen molar-refractivity contribution in [3.05, 3.63) is 40.5 Å². The highest BCUT2D eigenvalue weighted by atomic mass is 35.5. The van der Waals surface area contributed by atoms with Gasteiger partial charge in [0.15, 0.2) is 17.3 Å². The van der Waals surface area contributed by atoms with Gasteiger partial charge in [-0.2, -0.15) is 0 Å². The number of hydrogen-bond acceptors (Lipinski definition) is 4. The second kappa shape index (κ2) is 5.76. The zero-order valence-electron chi connectivity index (χ0n) is 13.8. The number of fused-ring (bicyclic) bond motifs is 2. The van der Waals surface area contributed by atoms with Gasteiger partial charge in [-0.3, -0.25) is 0 Å². The molecule has 0 bridgehead atoms. The van der Waals surface area contributed by atoms with Crippen LogP contribution >= 0.6 is 23.2 Å². The normalized spacial score (nSPS) is 23.4. The Morgan fingerprint density at radius 2 is 2.00 bits per heavy atom. The van der Waals surface area contributed by atoms with Crippen LogP contribution in [-0.4, -0.2) is 24.1 Å².